The highest BCUT2D eigenvalue weighted by Crippen LogP contribution is 2.32. The molecule has 0 aliphatic carbocycles. The molecule has 27 heavy (non-hydrogen) atoms. The average molecular weight is 425 g/mol. The smallest absolute Gasteiger partial charge is 0.270 e. The van der Waals surface area contributed by atoms with Crippen molar-refractivity contribution in [2.45, 2.75) is 19.4 Å². The summed E-state index contributed by atoms with van der Waals surface area (Å²) >= 11 is 11.9. The summed E-state index contributed by atoms with van der Waals surface area (Å²) < 4.78 is 23.6. The highest BCUT2D eigenvalue weighted by Gasteiger charge is 2.43. The van der Waals surface area contributed by atoms with Gasteiger partial charge < -0.3 is 0 Å². The number of carbonyl (C=O) groups excluding carboxylic acids is 2. The molecule has 0 spiro atoms. The third-order valence-electron chi connectivity index (χ3n) is 4.60. The molecule has 0 radical (unpaired) electrons. The molecule has 1 saturated heterocycles. The zero-order chi connectivity index (χ0) is 19.9. The Morgan fingerprint density at radius 1 is 1.22 bits per heavy atom. The lowest BCUT2D eigenvalue weighted by molar-refractivity contribution is -0.142. The van der Waals surface area contributed by atoms with Crippen LogP contribution in [0.15, 0.2) is 34.9 Å². The van der Waals surface area contributed by atoms with Gasteiger partial charge in [-0.2, -0.15) is 5.26 Å². The maximum atomic E-state index is 13.0. The molecular formula is C18H14Cl2N2O4S. The standard InChI is InChI=1S/C18H14Cl2N2O4S/c1-10-13(6-11-2-3-15(19)16(20)7-11)17(23)22(18(24)14(10)8-21)12-4-5-27(25,26)9-12/h2-3,6-7,12H,4-5,9H2,1H3. The summed E-state index contributed by atoms with van der Waals surface area (Å²) in [5.41, 5.74) is 0.785. The van der Waals surface area contributed by atoms with Crippen molar-refractivity contribution in [1.29, 1.82) is 5.26 Å². The molecule has 1 atom stereocenters. The van der Waals surface area contributed by atoms with E-state index in [1.807, 2.05) is 6.07 Å². The minimum absolute atomic E-state index is 0.0921. The van der Waals surface area contributed by atoms with Gasteiger partial charge in [-0.1, -0.05) is 29.3 Å². The van der Waals surface area contributed by atoms with Crippen molar-refractivity contribution in [2.75, 3.05) is 11.5 Å². The Morgan fingerprint density at radius 3 is 2.48 bits per heavy atom. The number of carbonyl (C=O) groups is 2. The monoisotopic (exact) mass is 424 g/mol. The van der Waals surface area contributed by atoms with Crippen LogP contribution in [0, 0.1) is 11.3 Å². The fraction of sp³-hybridized carbons (Fsp3) is 0.278. The second-order valence-corrected chi connectivity index (χ2v) is 9.42. The molecule has 2 amide bonds. The maximum Gasteiger partial charge on any atom is 0.271 e. The summed E-state index contributed by atoms with van der Waals surface area (Å²) in [6, 6.07) is 5.84. The molecule has 1 fully saturated rings. The van der Waals surface area contributed by atoms with Gasteiger partial charge in [0.05, 0.1) is 27.6 Å². The van der Waals surface area contributed by atoms with Gasteiger partial charge in [0.25, 0.3) is 11.8 Å². The molecule has 1 unspecified atom stereocenters. The van der Waals surface area contributed by atoms with Crippen LogP contribution >= 0.6 is 23.2 Å². The summed E-state index contributed by atoms with van der Waals surface area (Å²) in [7, 11) is -3.31. The third kappa shape index (κ3) is 3.65. The van der Waals surface area contributed by atoms with Gasteiger partial charge in [0, 0.05) is 5.57 Å². The van der Waals surface area contributed by atoms with Crippen LogP contribution in [0.2, 0.25) is 10.0 Å². The first-order chi connectivity index (χ1) is 12.6. The molecular weight excluding hydrogens is 411 g/mol. The number of hydrogen-bond donors (Lipinski definition) is 0. The molecule has 3 rings (SSSR count). The van der Waals surface area contributed by atoms with Crippen LogP contribution in [0.1, 0.15) is 18.9 Å². The Labute approximate surface area is 166 Å². The predicted molar refractivity (Wildman–Crippen MR) is 102 cm³/mol. The molecule has 0 saturated carbocycles. The number of imide groups is 1. The first kappa shape index (κ1) is 19.6. The molecule has 0 aromatic heterocycles. The number of rotatable bonds is 2. The second kappa shape index (κ2) is 7.12. The van der Waals surface area contributed by atoms with Gasteiger partial charge in [-0.15, -0.1) is 0 Å². The summed E-state index contributed by atoms with van der Waals surface area (Å²) in [5, 5.41) is 10.0. The normalized spacial score (nSPS) is 23.9. The van der Waals surface area contributed by atoms with Crippen molar-refractivity contribution in [3.63, 3.8) is 0 Å². The van der Waals surface area contributed by atoms with E-state index in [4.69, 9.17) is 23.2 Å². The van der Waals surface area contributed by atoms with Gasteiger partial charge in [0.2, 0.25) is 0 Å². The van der Waals surface area contributed by atoms with Crippen molar-refractivity contribution >= 4 is 50.9 Å². The second-order valence-electron chi connectivity index (χ2n) is 6.38. The molecule has 2 aliphatic rings. The SMILES string of the molecule is CC1=C(C#N)C(=O)N(C2CCS(=O)(=O)C2)C(=O)C1=Cc1ccc(Cl)c(Cl)c1. The molecule has 2 aliphatic heterocycles. The lowest BCUT2D eigenvalue weighted by Gasteiger charge is -2.31. The number of nitriles is 1. The van der Waals surface area contributed by atoms with Gasteiger partial charge in [-0.3, -0.25) is 14.5 Å². The molecule has 140 valence electrons. The summed E-state index contributed by atoms with van der Waals surface area (Å²) in [5.74, 6) is -1.76. The van der Waals surface area contributed by atoms with E-state index >= 15 is 0 Å². The molecule has 6 nitrogen and oxygen atoms in total. The van der Waals surface area contributed by atoms with E-state index < -0.39 is 27.7 Å². The van der Waals surface area contributed by atoms with E-state index in [9.17, 15) is 23.3 Å². The van der Waals surface area contributed by atoms with Gasteiger partial charge in [0.15, 0.2) is 9.84 Å². The van der Waals surface area contributed by atoms with Gasteiger partial charge in [-0.25, -0.2) is 8.42 Å². The Balaban J connectivity index is 2.10. The lowest BCUT2D eigenvalue weighted by Crippen LogP contribution is -2.49. The van der Waals surface area contributed by atoms with E-state index in [1.54, 1.807) is 18.2 Å². The number of amides is 2. The van der Waals surface area contributed by atoms with Gasteiger partial charge >= 0.3 is 0 Å². The summed E-state index contributed by atoms with van der Waals surface area (Å²) in [6.07, 6.45) is 1.68. The number of hydrogen-bond acceptors (Lipinski definition) is 5. The lowest BCUT2D eigenvalue weighted by atomic mass is 9.92. The molecule has 0 bridgehead atoms. The first-order valence-corrected chi connectivity index (χ1v) is 10.6. The van der Waals surface area contributed by atoms with Crippen molar-refractivity contribution < 1.29 is 18.0 Å². The maximum absolute atomic E-state index is 13.0. The number of sulfone groups is 1. The topological polar surface area (TPSA) is 95.3 Å². The van der Waals surface area contributed by atoms with E-state index in [0.717, 1.165) is 4.90 Å². The van der Waals surface area contributed by atoms with Crippen LogP contribution in [0.25, 0.3) is 6.08 Å². The third-order valence-corrected chi connectivity index (χ3v) is 7.09. The summed E-state index contributed by atoms with van der Waals surface area (Å²) in [4.78, 5) is 26.5. The highest BCUT2D eigenvalue weighted by atomic mass is 35.5. The average Bonchev–Trinajstić information content (AvgIpc) is 2.95. The van der Waals surface area contributed by atoms with Crippen LogP contribution in [-0.4, -0.2) is 42.7 Å². The van der Waals surface area contributed by atoms with E-state index in [-0.39, 0.29) is 34.6 Å². The zero-order valence-corrected chi connectivity index (χ0v) is 16.5. The molecule has 1 aromatic carbocycles. The van der Waals surface area contributed by atoms with E-state index in [2.05, 4.69) is 0 Å². The van der Waals surface area contributed by atoms with Crippen molar-refractivity contribution in [1.82, 2.24) is 4.90 Å². The number of benzene rings is 1. The number of halogens is 2. The Hall–Kier alpha value is -2.14. The first-order valence-electron chi connectivity index (χ1n) is 8.01. The van der Waals surface area contributed by atoms with E-state index in [1.165, 1.54) is 13.0 Å². The Bertz CT molecular complexity index is 1070. The van der Waals surface area contributed by atoms with Crippen LogP contribution in [-0.2, 0) is 19.4 Å². The Morgan fingerprint density at radius 2 is 1.93 bits per heavy atom. The van der Waals surface area contributed by atoms with Crippen molar-refractivity contribution in [2.24, 2.45) is 0 Å². The molecule has 9 heteroatoms. The van der Waals surface area contributed by atoms with Gasteiger partial charge in [-0.05, 0) is 42.7 Å². The fourth-order valence-corrected chi connectivity index (χ4v) is 5.19. The van der Waals surface area contributed by atoms with Crippen LogP contribution in [0.3, 0.4) is 0 Å². The van der Waals surface area contributed by atoms with Crippen molar-refractivity contribution in [3.05, 3.63) is 50.5 Å². The molecule has 1 aromatic rings. The van der Waals surface area contributed by atoms with E-state index in [0.29, 0.717) is 15.6 Å². The quantitative estimate of drug-likeness (QED) is 0.537. The van der Waals surface area contributed by atoms with Gasteiger partial charge in [0.1, 0.15) is 11.6 Å². The number of nitrogens with zero attached hydrogens (tertiary/aromatic N) is 2. The fourth-order valence-electron chi connectivity index (χ4n) is 3.18. The highest BCUT2D eigenvalue weighted by molar-refractivity contribution is 7.91. The zero-order valence-electron chi connectivity index (χ0n) is 14.2. The largest absolute Gasteiger partial charge is 0.271 e. The summed E-state index contributed by atoms with van der Waals surface area (Å²) in [6.45, 7) is 1.51. The minimum atomic E-state index is -3.31. The molecule has 2 heterocycles. The molecule has 0 N–H and O–H groups in total. The van der Waals surface area contributed by atoms with Crippen LogP contribution in [0.4, 0.5) is 0 Å². The minimum Gasteiger partial charge on any atom is -0.270 e. The predicted octanol–water partition coefficient (Wildman–Crippen LogP) is 2.77. The van der Waals surface area contributed by atoms with Crippen LogP contribution in [0.5, 0.6) is 0 Å². The Kier molecular flexibility index (Phi) is 5.17. The van der Waals surface area contributed by atoms with Crippen molar-refractivity contribution in [3.8, 4) is 6.07 Å². The van der Waals surface area contributed by atoms with Crippen LogP contribution < -0.4 is 0 Å².